The van der Waals surface area contributed by atoms with Crippen molar-refractivity contribution >= 4 is 11.9 Å². The Labute approximate surface area is 169 Å². The van der Waals surface area contributed by atoms with Crippen LogP contribution < -0.4 is 0 Å². The maximum atomic E-state index is 12.8. The fraction of sp³-hybridized carbons (Fsp3) is 0.636. The molecule has 7 nitrogen and oxygen atoms in total. The molecule has 4 rings (SSSR count). The second kappa shape index (κ2) is 6.27. The summed E-state index contributed by atoms with van der Waals surface area (Å²) in [6.07, 6.45) is -1.32. The van der Waals surface area contributed by atoms with Crippen molar-refractivity contribution in [1.29, 1.82) is 0 Å². The van der Waals surface area contributed by atoms with Crippen LogP contribution in [0.25, 0.3) is 0 Å². The number of ether oxygens (including phenoxy) is 2. The molecule has 1 heterocycles. The van der Waals surface area contributed by atoms with Crippen LogP contribution in [0.3, 0.4) is 0 Å². The van der Waals surface area contributed by atoms with Crippen molar-refractivity contribution in [2.24, 2.45) is 16.7 Å². The van der Waals surface area contributed by atoms with E-state index in [0.29, 0.717) is 12.0 Å². The van der Waals surface area contributed by atoms with Crippen molar-refractivity contribution in [3.8, 4) is 0 Å². The molecule has 158 valence electrons. The molecule has 1 aromatic rings. The zero-order valence-corrected chi connectivity index (χ0v) is 16.9. The normalized spacial score (nSPS) is 46.0. The van der Waals surface area contributed by atoms with Gasteiger partial charge in [-0.1, -0.05) is 32.0 Å². The lowest BCUT2D eigenvalue weighted by atomic mass is 9.44. The Morgan fingerprint density at radius 2 is 1.90 bits per heavy atom. The third kappa shape index (κ3) is 2.35. The molecule has 7 heteroatoms. The SMILES string of the molecule is CC1CC(OC(=O)c2ccccc2)C2(O)C13CC(=O)OC(C3)C(C)(O)C2(C)CO. The van der Waals surface area contributed by atoms with Gasteiger partial charge in [-0.05, 0) is 37.8 Å². The summed E-state index contributed by atoms with van der Waals surface area (Å²) in [5.41, 5.74) is -5.61. The van der Waals surface area contributed by atoms with E-state index in [9.17, 15) is 24.9 Å². The number of benzene rings is 1. The summed E-state index contributed by atoms with van der Waals surface area (Å²) >= 11 is 0. The predicted molar refractivity (Wildman–Crippen MR) is 102 cm³/mol. The lowest BCUT2D eigenvalue weighted by molar-refractivity contribution is -0.337. The second-order valence-electron chi connectivity index (χ2n) is 9.32. The van der Waals surface area contributed by atoms with Gasteiger partial charge in [0, 0.05) is 5.41 Å². The van der Waals surface area contributed by atoms with Crippen LogP contribution in [0, 0.1) is 16.7 Å². The highest BCUT2D eigenvalue weighted by Gasteiger charge is 2.81. The number of aliphatic hydroxyl groups is 3. The molecule has 7 atom stereocenters. The first-order chi connectivity index (χ1) is 13.5. The van der Waals surface area contributed by atoms with Crippen LogP contribution in [0.5, 0.6) is 0 Å². The lowest BCUT2D eigenvalue weighted by Crippen LogP contribution is -2.79. The van der Waals surface area contributed by atoms with E-state index in [0.717, 1.165) is 0 Å². The predicted octanol–water partition coefficient (Wildman–Crippen LogP) is 1.44. The first-order valence-electron chi connectivity index (χ1n) is 10.0. The monoisotopic (exact) mass is 404 g/mol. The van der Waals surface area contributed by atoms with Crippen LogP contribution in [-0.2, 0) is 14.3 Å². The minimum absolute atomic E-state index is 0.0494. The summed E-state index contributed by atoms with van der Waals surface area (Å²) in [6.45, 7) is 4.40. The largest absolute Gasteiger partial charge is 0.459 e. The van der Waals surface area contributed by atoms with Crippen LogP contribution in [-0.4, -0.2) is 57.3 Å². The van der Waals surface area contributed by atoms with Crippen LogP contribution in [0.2, 0.25) is 0 Å². The maximum Gasteiger partial charge on any atom is 0.338 e. The Bertz CT molecular complexity index is 837. The fourth-order valence-corrected chi connectivity index (χ4v) is 6.13. The van der Waals surface area contributed by atoms with E-state index >= 15 is 0 Å². The molecule has 7 unspecified atom stereocenters. The standard InChI is InChI=1S/C22H28O7/c1-13-9-15(29-18(25)14-7-5-4-6-8-14)22(27)19(2,12-23)20(3,26)16-10-21(13,22)11-17(24)28-16/h4-8,13,15-16,23,26-27H,9-12H2,1-3H3. The molecule has 0 aromatic heterocycles. The first kappa shape index (κ1) is 20.3. The van der Waals surface area contributed by atoms with Crippen LogP contribution >= 0.6 is 0 Å². The minimum atomic E-state index is -1.81. The molecule has 3 aliphatic rings. The van der Waals surface area contributed by atoms with Gasteiger partial charge in [-0.3, -0.25) is 4.79 Å². The third-order valence-corrected chi connectivity index (χ3v) is 8.18. The van der Waals surface area contributed by atoms with Gasteiger partial charge in [0.25, 0.3) is 0 Å². The van der Waals surface area contributed by atoms with E-state index in [1.54, 1.807) is 37.3 Å². The molecular formula is C22H28O7. The summed E-state index contributed by atoms with van der Waals surface area (Å²) in [5, 5.41) is 33.9. The Morgan fingerprint density at radius 1 is 1.24 bits per heavy atom. The summed E-state index contributed by atoms with van der Waals surface area (Å²) < 4.78 is 11.2. The molecule has 1 spiro atoms. The average Bonchev–Trinajstić information content (AvgIpc) is 2.89. The fourth-order valence-electron chi connectivity index (χ4n) is 6.13. The number of fused-ring (bicyclic) bond motifs is 1. The van der Waals surface area contributed by atoms with Gasteiger partial charge in [0.1, 0.15) is 23.4 Å². The summed E-state index contributed by atoms with van der Waals surface area (Å²) in [6, 6.07) is 8.46. The third-order valence-electron chi connectivity index (χ3n) is 8.18. The van der Waals surface area contributed by atoms with E-state index in [1.165, 1.54) is 6.92 Å². The highest BCUT2D eigenvalue weighted by molar-refractivity contribution is 5.89. The molecule has 2 bridgehead atoms. The lowest BCUT2D eigenvalue weighted by Gasteiger charge is -2.66. The molecule has 29 heavy (non-hydrogen) atoms. The number of carbonyl (C=O) groups excluding carboxylic acids is 2. The molecule has 3 fully saturated rings. The zero-order valence-electron chi connectivity index (χ0n) is 16.9. The molecule has 1 aromatic carbocycles. The van der Waals surface area contributed by atoms with Crippen LogP contribution in [0.4, 0.5) is 0 Å². The van der Waals surface area contributed by atoms with Crippen LogP contribution in [0.15, 0.2) is 30.3 Å². The topological polar surface area (TPSA) is 113 Å². The summed E-state index contributed by atoms with van der Waals surface area (Å²) in [4.78, 5) is 25.2. The van der Waals surface area contributed by atoms with E-state index in [-0.39, 0.29) is 18.8 Å². The van der Waals surface area contributed by atoms with E-state index in [2.05, 4.69) is 0 Å². The zero-order chi connectivity index (χ0) is 21.2. The molecule has 1 saturated heterocycles. The quantitative estimate of drug-likeness (QED) is 0.653. The van der Waals surface area contributed by atoms with E-state index in [4.69, 9.17) is 9.47 Å². The molecule has 0 radical (unpaired) electrons. The van der Waals surface area contributed by atoms with Gasteiger partial charge >= 0.3 is 11.9 Å². The number of rotatable bonds is 3. The molecule has 1 aliphatic heterocycles. The van der Waals surface area contributed by atoms with Crippen molar-refractivity contribution in [3.63, 3.8) is 0 Å². The van der Waals surface area contributed by atoms with Crippen molar-refractivity contribution < 1.29 is 34.4 Å². The van der Waals surface area contributed by atoms with E-state index < -0.39 is 52.8 Å². The average molecular weight is 404 g/mol. The Balaban J connectivity index is 1.82. The van der Waals surface area contributed by atoms with Crippen molar-refractivity contribution in [3.05, 3.63) is 35.9 Å². The van der Waals surface area contributed by atoms with Gasteiger partial charge < -0.3 is 24.8 Å². The Hall–Kier alpha value is -1.96. The van der Waals surface area contributed by atoms with E-state index in [1.807, 2.05) is 6.92 Å². The first-order valence-corrected chi connectivity index (χ1v) is 10.0. The summed E-state index contributed by atoms with van der Waals surface area (Å²) in [5.74, 6) is -1.27. The van der Waals surface area contributed by atoms with Crippen molar-refractivity contribution in [2.75, 3.05) is 6.61 Å². The Kier molecular flexibility index (Phi) is 4.39. The van der Waals surface area contributed by atoms with Gasteiger partial charge in [-0.25, -0.2) is 4.79 Å². The van der Waals surface area contributed by atoms with Gasteiger partial charge in [0.15, 0.2) is 0 Å². The summed E-state index contributed by atoms with van der Waals surface area (Å²) in [7, 11) is 0. The molecule has 2 saturated carbocycles. The highest BCUT2D eigenvalue weighted by Crippen LogP contribution is 2.70. The van der Waals surface area contributed by atoms with Gasteiger partial charge in [-0.2, -0.15) is 0 Å². The van der Waals surface area contributed by atoms with Crippen LogP contribution in [0.1, 0.15) is 50.4 Å². The second-order valence-corrected chi connectivity index (χ2v) is 9.32. The molecular weight excluding hydrogens is 376 g/mol. The number of carbonyl (C=O) groups is 2. The molecule has 2 aliphatic carbocycles. The van der Waals surface area contributed by atoms with Crippen molar-refractivity contribution in [1.82, 2.24) is 0 Å². The van der Waals surface area contributed by atoms with Gasteiger partial charge in [0.05, 0.1) is 24.0 Å². The number of esters is 2. The van der Waals surface area contributed by atoms with Crippen molar-refractivity contribution in [2.45, 2.75) is 63.4 Å². The highest BCUT2D eigenvalue weighted by atomic mass is 16.6. The minimum Gasteiger partial charge on any atom is -0.459 e. The molecule has 0 amide bonds. The van der Waals surface area contributed by atoms with Gasteiger partial charge in [-0.15, -0.1) is 0 Å². The Morgan fingerprint density at radius 3 is 2.52 bits per heavy atom. The smallest absolute Gasteiger partial charge is 0.338 e. The maximum absolute atomic E-state index is 12.8. The molecule has 3 N–H and O–H groups in total. The number of hydrogen-bond donors (Lipinski definition) is 3. The number of hydrogen-bond acceptors (Lipinski definition) is 7. The van der Waals surface area contributed by atoms with Gasteiger partial charge in [0.2, 0.25) is 0 Å². The number of aliphatic hydroxyl groups excluding tert-OH is 1.